The summed E-state index contributed by atoms with van der Waals surface area (Å²) in [5.41, 5.74) is 10.7. The van der Waals surface area contributed by atoms with Gasteiger partial charge in [-0.2, -0.15) is 10.2 Å². The molecular formula is C40H42Br2N8O2S2. The Morgan fingerprint density at radius 1 is 0.667 bits per heavy atom. The molecule has 54 heavy (non-hydrogen) atoms. The van der Waals surface area contributed by atoms with Gasteiger partial charge in [-0.15, -0.1) is 23.5 Å². The lowest BCUT2D eigenvalue weighted by Gasteiger charge is -2.19. The van der Waals surface area contributed by atoms with Crippen molar-refractivity contribution in [2.45, 2.75) is 36.4 Å². The SMILES string of the molecule is Cc1cc(Br)ccc1[C@@H]1SC[C@H](CO)Nc2c1c(-c1ccccn1)nn2C.Cc1cc(Br)ccc1[C@H]1SC[C@@H](CO)Nc2c1c(-c1ccccn1)nn2C. The van der Waals surface area contributed by atoms with Gasteiger partial charge in [0.25, 0.3) is 0 Å². The molecule has 0 unspecified atom stereocenters. The van der Waals surface area contributed by atoms with E-state index < -0.39 is 0 Å². The summed E-state index contributed by atoms with van der Waals surface area (Å²) in [6.07, 6.45) is 3.59. The lowest BCUT2D eigenvalue weighted by molar-refractivity contribution is 0.282. The van der Waals surface area contributed by atoms with Crippen LogP contribution in [0, 0.1) is 13.8 Å². The standard InChI is InChI=1S/2C20H21BrN4OS/c2*1-12-9-13(21)6-7-15(12)19-17-18(16-5-3-4-8-22-16)24-25(2)20(17)23-14(10-26)11-27-19/h2*3-9,14,19,23,26H,10-11H2,1-2H3/t2*14-,19-/m10/s1. The van der Waals surface area contributed by atoms with Crippen LogP contribution in [0.3, 0.4) is 0 Å². The number of aliphatic hydroxyl groups excluding tert-OH is 2. The van der Waals surface area contributed by atoms with Crippen LogP contribution in [-0.2, 0) is 14.1 Å². The van der Waals surface area contributed by atoms with Gasteiger partial charge in [0, 0.05) is 58.1 Å². The van der Waals surface area contributed by atoms with Crippen molar-refractivity contribution in [1.29, 1.82) is 0 Å². The molecule has 0 amide bonds. The molecule has 8 rings (SSSR count). The van der Waals surface area contributed by atoms with E-state index in [0.29, 0.717) is 0 Å². The zero-order chi connectivity index (χ0) is 37.9. The number of nitrogens with zero attached hydrogens (tertiary/aromatic N) is 6. The summed E-state index contributed by atoms with van der Waals surface area (Å²) in [5, 5.41) is 36.3. The molecule has 0 radical (unpaired) electrons. The molecule has 2 aromatic carbocycles. The molecule has 14 heteroatoms. The number of nitrogens with one attached hydrogen (secondary N) is 2. The molecule has 0 bridgehead atoms. The minimum Gasteiger partial charge on any atom is -0.394 e. The monoisotopic (exact) mass is 888 g/mol. The molecular weight excluding hydrogens is 848 g/mol. The predicted octanol–water partition coefficient (Wildman–Crippen LogP) is 8.32. The number of aliphatic hydroxyl groups is 2. The Balaban J connectivity index is 0.000000167. The molecule has 6 aromatic rings. The Labute approximate surface area is 340 Å². The molecule has 0 saturated carbocycles. The molecule has 4 atom stereocenters. The first-order valence-corrected chi connectivity index (χ1v) is 21.3. The highest BCUT2D eigenvalue weighted by molar-refractivity contribution is 9.10. The number of benzene rings is 2. The largest absolute Gasteiger partial charge is 0.394 e. The maximum Gasteiger partial charge on any atom is 0.129 e. The maximum absolute atomic E-state index is 9.78. The van der Waals surface area contributed by atoms with Crippen molar-refractivity contribution in [3.8, 4) is 22.8 Å². The van der Waals surface area contributed by atoms with Crippen LogP contribution in [0.25, 0.3) is 22.8 Å². The summed E-state index contributed by atoms with van der Waals surface area (Å²) in [4.78, 5) is 9.07. The smallest absolute Gasteiger partial charge is 0.129 e. The number of fused-ring (bicyclic) bond motifs is 2. The van der Waals surface area contributed by atoms with Crippen LogP contribution in [0.4, 0.5) is 11.6 Å². The summed E-state index contributed by atoms with van der Waals surface area (Å²) >= 11 is 10.8. The van der Waals surface area contributed by atoms with E-state index in [2.05, 4.69) is 103 Å². The average Bonchev–Trinajstić information content (AvgIpc) is 3.49. The van der Waals surface area contributed by atoms with Gasteiger partial charge in [-0.3, -0.25) is 19.3 Å². The van der Waals surface area contributed by atoms with Gasteiger partial charge in [-0.05, 0) is 84.6 Å². The van der Waals surface area contributed by atoms with E-state index in [1.54, 1.807) is 12.4 Å². The van der Waals surface area contributed by atoms with Gasteiger partial charge in [0.15, 0.2) is 0 Å². The molecule has 4 N–H and O–H groups in total. The van der Waals surface area contributed by atoms with E-state index in [1.807, 2.05) is 83.4 Å². The van der Waals surface area contributed by atoms with Gasteiger partial charge in [0.2, 0.25) is 0 Å². The molecule has 280 valence electrons. The maximum atomic E-state index is 9.78. The van der Waals surface area contributed by atoms with Gasteiger partial charge < -0.3 is 20.8 Å². The Hall–Kier alpha value is -3.66. The first kappa shape index (κ1) is 38.6. The Kier molecular flexibility index (Phi) is 12.2. The number of aryl methyl sites for hydroxylation is 4. The van der Waals surface area contributed by atoms with E-state index >= 15 is 0 Å². The quantitative estimate of drug-likeness (QED) is 0.130. The molecule has 0 spiro atoms. The fourth-order valence-electron chi connectivity index (χ4n) is 6.92. The molecule has 10 nitrogen and oxygen atoms in total. The third kappa shape index (κ3) is 8.00. The molecule has 0 saturated heterocycles. The minimum absolute atomic E-state index is 0.0125. The topological polar surface area (TPSA) is 126 Å². The van der Waals surface area contributed by atoms with Gasteiger partial charge in [-0.1, -0.05) is 56.1 Å². The van der Waals surface area contributed by atoms with E-state index in [1.165, 1.54) is 22.3 Å². The number of hydrogen-bond acceptors (Lipinski definition) is 10. The lowest BCUT2D eigenvalue weighted by Crippen LogP contribution is -2.26. The summed E-state index contributed by atoms with van der Waals surface area (Å²) in [7, 11) is 3.88. The number of halogens is 2. The van der Waals surface area contributed by atoms with Crippen molar-refractivity contribution in [3.63, 3.8) is 0 Å². The van der Waals surface area contributed by atoms with E-state index in [0.717, 1.165) is 66.0 Å². The lowest BCUT2D eigenvalue weighted by atomic mass is 9.98. The van der Waals surface area contributed by atoms with Crippen LogP contribution >= 0.6 is 55.4 Å². The molecule has 0 aliphatic carbocycles. The zero-order valence-electron chi connectivity index (χ0n) is 30.4. The van der Waals surface area contributed by atoms with Crippen molar-refractivity contribution in [3.05, 3.63) is 128 Å². The van der Waals surface area contributed by atoms with E-state index in [-0.39, 0.29) is 35.8 Å². The van der Waals surface area contributed by atoms with Crippen molar-refractivity contribution < 1.29 is 10.2 Å². The van der Waals surface area contributed by atoms with Crippen molar-refractivity contribution >= 4 is 67.0 Å². The number of thioether (sulfide) groups is 2. The summed E-state index contributed by atoms with van der Waals surface area (Å²) in [6.45, 7) is 4.45. The highest BCUT2D eigenvalue weighted by Crippen LogP contribution is 2.49. The van der Waals surface area contributed by atoms with Gasteiger partial charge in [0.1, 0.15) is 23.0 Å². The van der Waals surface area contributed by atoms with Crippen LogP contribution < -0.4 is 10.6 Å². The number of hydrogen-bond donors (Lipinski definition) is 4. The van der Waals surface area contributed by atoms with Crippen LogP contribution in [0.1, 0.15) is 43.9 Å². The first-order valence-electron chi connectivity index (χ1n) is 17.6. The fourth-order valence-corrected chi connectivity index (χ4v) is 10.8. The first-order chi connectivity index (χ1) is 26.2. The predicted molar refractivity (Wildman–Crippen MR) is 228 cm³/mol. The zero-order valence-corrected chi connectivity index (χ0v) is 35.2. The number of pyridine rings is 2. The Bertz CT molecular complexity index is 2080. The third-order valence-electron chi connectivity index (χ3n) is 9.59. The average molecular weight is 891 g/mol. The summed E-state index contributed by atoms with van der Waals surface area (Å²) < 4.78 is 5.89. The Morgan fingerprint density at radius 2 is 1.09 bits per heavy atom. The highest BCUT2D eigenvalue weighted by atomic mass is 79.9. The van der Waals surface area contributed by atoms with Crippen molar-refractivity contribution in [1.82, 2.24) is 29.5 Å². The van der Waals surface area contributed by atoms with Crippen LogP contribution in [0.15, 0.2) is 94.1 Å². The van der Waals surface area contributed by atoms with Crippen LogP contribution in [0.5, 0.6) is 0 Å². The molecule has 2 aliphatic heterocycles. The van der Waals surface area contributed by atoms with Crippen molar-refractivity contribution in [2.75, 3.05) is 35.4 Å². The summed E-state index contributed by atoms with van der Waals surface area (Å²) in [5.74, 6) is 3.53. The van der Waals surface area contributed by atoms with Gasteiger partial charge in [0.05, 0.1) is 47.2 Å². The van der Waals surface area contributed by atoms with Crippen LogP contribution in [-0.4, -0.2) is 76.5 Å². The number of anilines is 2. The highest BCUT2D eigenvalue weighted by Gasteiger charge is 2.34. The molecule has 4 aromatic heterocycles. The summed E-state index contributed by atoms with van der Waals surface area (Å²) in [6, 6.07) is 24.6. The fraction of sp³-hybridized carbons (Fsp3) is 0.300. The number of rotatable bonds is 6. The van der Waals surface area contributed by atoms with Crippen LogP contribution in [0.2, 0.25) is 0 Å². The third-order valence-corrected chi connectivity index (χ3v) is 13.4. The normalized spacial score (nSPS) is 19.3. The minimum atomic E-state index is -0.0125. The van der Waals surface area contributed by atoms with Gasteiger partial charge >= 0.3 is 0 Å². The van der Waals surface area contributed by atoms with E-state index in [9.17, 15) is 10.2 Å². The number of aromatic nitrogens is 6. The van der Waals surface area contributed by atoms with Crippen molar-refractivity contribution in [2.24, 2.45) is 14.1 Å². The second kappa shape index (κ2) is 17.0. The molecule has 2 aliphatic rings. The Morgan fingerprint density at radius 3 is 1.44 bits per heavy atom. The molecule has 6 heterocycles. The van der Waals surface area contributed by atoms with E-state index in [4.69, 9.17) is 10.2 Å². The van der Waals surface area contributed by atoms with Gasteiger partial charge in [-0.25, -0.2) is 0 Å². The second-order valence-corrected chi connectivity index (χ2v) is 17.5. The second-order valence-electron chi connectivity index (χ2n) is 13.4. The molecule has 0 fully saturated rings.